The maximum atomic E-state index is 12.9. The Morgan fingerprint density at radius 2 is 1.93 bits per heavy atom. The average Bonchev–Trinajstić information content (AvgIpc) is 3.14. The van der Waals surface area contributed by atoms with Gasteiger partial charge in [0.2, 0.25) is 11.8 Å². The largest absolute Gasteiger partial charge is 0.354 e. The van der Waals surface area contributed by atoms with Crippen molar-refractivity contribution in [2.45, 2.75) is 31.7 Å². The monoisotopic (exact) mass is 383 g/mol. The summed E-state index contributed by atoms with van der Waals surface area (Å²) in [7, 11) is 0. The molecule has 0 aliphatic carbocycles. The van der Waals surface area contributed by atoms with E-state index in [1.807, 2.05) is 62.4 Å². The first-order chi connectivity index (χ1) is 13.1. The van der Waals surface area contributed by atoms with Crippen LogP contribution in [0.5, 0.6) is 0 Å². The van der Waals surface area contributed by atoms with Crippen LogP contribution in [0.2, 0.25) is 0 Å². The third kappa shape index (κ3) is 4.69. The summed E-state index contributed by atoms with van der Waals surface area (Å²) in [5, 5.41) is 2.86. The Labute approximate surface area is 164 Å². The lowest BCUT2D eigenvalue weighted by atomic mass is 10.1. The van der Waals surface area contributed by atoms with Crippen LogP contribution in [0.1, 0.15) is 30.5 Å². The predicted octanol–water partition coefficient (Wildman–Crippen LogP) is 3.04. The molecule has 1 saturated heterocycles. The molecule has 0 saturated carbocycles. The molecule has 0 bridgehead atoms. The standard InChI is InChI=1S/C21H25N3O2S/c1-15(2)20(26)24-18(14-27-21(24)16-8-4-3-5-9-16)19(25)23-13-11-17-10-6-7-12-22-17/h3-10,12,15,18,21H,11,13-14H2,1-2H3,(H,23,25). The van der Waals surface area contributed by atoms with Crippen LogP contribution in [0.3, 0.4) is 0 Å². The average molecular weight is 384 g/mol. The highest BCUT2D eigenvalue weighted by molar-refractivity contribution is 7.99. The van der Waals surface area contributed by atoms with Gasteiger partial charge in [-0.25, -0.2) is 0 Å². The molecule has 27 heavy (non-hydrogen) atoms. The van der Waals surface area contributed by atoms with Gasteiger partial charge in [-0.15, -0.1) is 11.8 Å². The second kappa shape index (κ2) is 9.04. The molecule has 3 rings (SSSR count). The summed E-state index contributed by atoms with van der Waals surface area (Å²) in [4.78, 5) is 31.7. The van der Waals surface area contributed by atoms with Crippen molar-refractivity contribution in [3.63, 3.8) is 0 Å². The summed E-state index contributed by atoms with van der Waals surface area (Å²) in [5.74, 6) is 0.372. The van der Waals surface area contributed by atoms with Crippen molar-refractivity contribution in [3.05, 3.63) is 66.0 Å². The lowest BCUT2D eigenvalue weighted by molar-refractivity contribution is -0.142. The van der Waals surface area contributed by atoms with Gasteiger partial charge in [-0.05, 0) is 17.7 Å². The van der Waals surface area contributed by atoms with E-state index >= 15 is 0 Å². The molecule has 2 aromatic rings. The number of nitrogens with one attached hydrogen (secondary N) is 1. The third-order valence-electron chi connectivity index (χ3n) is 4.54. The van der Waals surface area contributed by atoms with Crippen molar-refractivity contribution in [1.82, 2.24) is 15.2 Å². The normalized spacial score (nSPS) is 19.3. The SMILES string of the molecule is CC(C)C(=O)N1C(C(=O)NCCc2ccccn2)CSC1c1ccccc1. The predicted molar refractivity (Wildman–Crippen MR) is 108 cm³/mol. The fourth-order valence-electron chi connectivity index (χ4n) is 3.13. The van der Waals surface area contributed by atoms with Crippen molar-refractivity contribution < 1.29 is 9.59 Å². The summed E-state index contributed by atoms with van der Waals surface area (Å²) in [5.41, 5.74) is 2.00. The topological polar surface area (TPSA) is 62.3 Å². The number of rotatable bonds is 6. The molecule has 2 atom stereocenters. The van der Waals surface area contributed by atoms with Gasteiger partial charge < -0.3 is 10.2 Å². The molecule has 1 fully saturated rings. The zero-order chi connectivity index (χ0) is 19.2. The summed E-state index contributed by atoms with van der Waals surface area (Å²) in [6, 6.07) is 15.2. The molecule has 1 aromatic carbocycles. The Hall–Kier alpha value is -2.34. The lowest BCUT2D eigenvalue weighted by Gasteiger charge is -2.30. The zero-order valence-electron chi connectivity index (χ0n) is 15.7. The third-order valence-corrected chi connectivity index (χ3v) is 5.87. The van der Waals surface area contributed by atoms with Gasteiger partial charge in [0.1, 0.15) is 11.4 Å². The van der Waals surface area contributed by atoms with Crippen molar-refractivity contribution in [1.29, 1.82) is 0 Å². The smallest absolute Gasteiger partial charge is 0.243 e. The van der Waals surface area contributed by atoms with Crippen LogP contribution >= 0.6 is 11.8 Å². The van der Waals surface area contributed by atoms with Gasteiger partial charge >= 0.3 is 0 Å². The number of hydrogen-bond acceptors (Lipinski definition) is 4. The minimum Gasteiger partial charge on any atom is -0.354 e. The molecule has 5 nitrogen and oxygen atoms in total. The minimum atomic E-state index is -0.446. The highest BCUT2D eigenvalue weighted by Gasteiger charge is 2.42. The van der Waals surface area contributed by atoms with Gasteiger partial charge in [-0.3, -0.25) is 14.6 Å². The van der Waals surface area contributed by atoms with Crippen LogP contribution in [-0.4, -0.2) is 40.0 Å². The van der Waals surface area contributed by atoms with Gasteiger partial charge in [-0.2, -0.15) is 0 Å². The number of carbonyl (C=O) groups is 2. The van der Waals surface area contributed by atoms with Gasteiger partial charge in [0.15, 0.2) is 0 Å². The number of aromatic nitrogens is 1. The van der Waals surface area contributed by atoms with Crippen LogP contribution in [0.15, 0.2) is 54.7 Å². The van der Waals surface area contributed by atoms with E-state index in [2.05, 4.69) is 10.3 Å². The molecule has 0 radical (unpaired) electrons. The van der Waals surface area contributed by atoms with Crippen molar-refractivity contribution in [3.8, 4) is 0 Å². The Kier molecular flexibility index (Phi) is 6.50. The van der Waals surface area contributed by atoms with Crippen molar-refractivity contribution in [2.24, 2.45) is 5.92 Å². The van der Waals surface area contributed by atoms with Crippen LogP contribution in [-0.2, 0) is 16.0 Å². The molecule has 1 N–H and O–H groups in total. The zero-order valence-corrected chi connectivity index (χ0v) is 16.5. The Balaban J connectivity index is 1.69. The number of benzene rings is 1. The van der Waals surface area contributed by atoms with E-state index in [0.717, 1.165) is 11.3 Å². The van der Waals surface area contributed by atoms with E-state index in [1.165, 1.54) is 0 Å². The Morgan fingerprint density at radius 3 is 2.59 bits per heavy atom. The highest BCUT2D eigenvalue weighted by atomic mass is 32.2. The van der Waals surface area contributed by atoms with Gasteiger partial charge in [0.25, 0.3) is 0 Å². The number of hydrogen-bond donors (Lipinski definition) is 1. The second-order valence-corrected chi connectivity index (χ2v) is 7.99. The summed E-state index contributed by atoms with van der Waals surface area (Å²) >= 11 is 1.65. The van der Waals surface area contributed by atoms with E-state index in [4.69, 9.17) is 0 Å². The van der Waals surface area contributed by atoms with E-state index in [0.29, 0.717) is 18.7 Å². The van der Waals surface area contributed by atoms with Crippen LogP contribution in [0, 0.1) is 5.92 Å². The summed E-state index contributed by atoms with van der Waals surface area (Å²) in [6.45, 7) is 4.27. The number of amides is 2. The molecule has 2 heterocycles. The first kappa shape index (κ1) is 19.4. The number of nitrogens with zero attached hydrogens (tertiary/aromatic N) is 2. The van der Waals surface area contributed by atoms with E-state index in [1.54, 1.807) is 22.9 Å². The van der Waals surface area contributed by atoms with E-state index < -0.39 is 6.04 Å². The maximum absolute atomic E-state index is 12.9. The van der Waals surface area contributed by atoms with Crippen molar-refractivity contribution >= 4 is 23.6 Å². The summed E-state index contributed by atoms with van der Waals surface area (Å²) in [6.07, 6.45) is 2.42. The molecule has 1 aliphatic rings. The lowest BCUT2D eigenvalue weighted by Crippen LogP contribution is -2.49. The Morgan fingerprint density at radius 1 is 1.19 bits per heavy atom. The van der Waals surface area contributed by atoms with Gasteiger partial charge in [-0.1, -0.05) is 50.2 Å². The molecule has 6 heteroatoms. The molecule has 142 valence electrons. The molecular formula is C21H25N3O2S. The van der Waals surface area contributed by atoms with Crippen molar-refractivity contribution in [2.75, 3.05) is 12.3 Å². The van der Waals surface area contributed by atoms with E-state index in [9.17, 15) is 9.59 Å². The van der Waals surface area contributed by atoms with Crippen LogP contribution in [0.4, 0.5) is 0 Å². The maximum Gasteiger partial charge on any atom is 0.243 e. The highest BCUT2D eigenvalue weighted by Crippen LogP contribution is 2.42. The second-order valence-electron chi connectivity index (χ2n) is 6.87. The molecule has 2 amide bonds. The molecular weight excluding hydrogens is 358 g/mol. The number of carbonyl (C=O) groups excluding carboxylic acids is 2. The van der Waals surface area contributed by atoms with Crippen LogP contribution in [0.25, 0.3) is 0 Å². The van der Waals surface area contributed by atoms with Crippen LogP contribution < -0.4 is 5.32 Å². The minimum absolute atomic E-state index is 0.0127. The first-order valence-electron chi connectivity index (χ1n) is 9.24. The van der Waals surface area contributed by atoms with Gasteiger partial charge in [0, 0.05) is 36.5 Å². The number of thioether (sulfide) groups is 1. The summed E-state index contributed by atoms with van der Waals surface area (Å²) < 4.78 is 0. The molecule has 0 spiro atoms. The quantitative estimate of drug-likeness (QED) is 0.833. The molecule has 1 aromatic heterocycles. The van der Waals surface area contributed by atoms with E-state index in [-0.39, 0.29) is 23.1 Å². The number of pyridine rings is 1. The first-order valence-corrected chi connectivity index (χ1v) is 10.3. The molecule has 1 aliphatic heterocycles. The van der Waals surface area contributed by atoms with Gasteiger partial charge in [0.05, 0.1) is 0 Å². The molecule has 2 unspecified atom stereocenters. The Bertz CT molecular complexity index is 768. The fourth-order valence-corrected chi connectivity index (χ4v) is 4.57. The fraction of sp³-hybridized carbons (Fsp3) is 0.381.